The first-order chi connectivity index (χ1) is 9.00. The Labute approximate surface area is 111 Å². The second-order valence-electron chi connectivity index (χ2n) is 4.85. The van der Waals surface area contributed by atoms with Gasteiger partial charge >= 0.3 is 0 Å². The molecule has 100 valence electrons. The van der Waals surface area contributed by atoms with E-state index < -0.39 is 5.54 Å². The SMILES string of the molecule is CC(C)(NCc1cn[nH]c1-c1cccnc1)C(N)=O. The van der Waals surface area contributed by atoms with Crippen LogP contribution >= 0.6 is 0 Å². The highest BCUT2D eigenvalue weighted by atomic mass is 16.1. The van der Waals surface area contributed by atoms with Crippen LogP contribution in [0.4, 0.5) is 0 Å². The fraction of sp³-hybridized carbons (Fsp3) is 0.308. The fourth-order valence-electron chi connectivity index (χ4n) is 1.61. The van der Waals surface area contributed by atoms with Crippen LogP contribution in [-0.4, -0.2) is 26.6 Å². The molecule has 4 N–H and O–H groups in total. The fourth-order valence-corrected chi connectivity index (χ4v) is 1.61. The molecule has 0 radical (unpaired) electrons. The largest absolute Gasteiger partial charge is 0.368 e. The van der Waals surface area contributed by atoms with Crippen molar-refractivity contribution in [3.8, 4) is 11.3 Å². The molecule has 2 rings (SSSR count). The summed E-state index contributed by atoms with van der Waals surface area (Å²) >= 11 is 0. The number of H-pyrrole nitrogens is 1. The number of nitrogens with zero attached hydrogens (tertiary/aromatic N) is 2. The number of carbonyl (C=O) groups excluding carboxylic acids is 1. The summed E-state index contributed by atoms with van der Waals surface area (Å²) in [6.07, 6.45) is 5.20. The van der Waals surface area contributed by atoms with Crippen molar-refractivity contribution in [2.24, 2.45) is 5.73 Å². The minimum atomic E-state index is -0.760. The maximum absolute atomic E-state index is 11.3. The molecule has 0 aliphatic carbocycles. The molecule has 6 heteroatoms. The topological polar surface area (TPSA) is 96.7 Å². The summed E-state index contributed by atoms with van der Waals surface area (Å²) in [7, 11) is 0. The van der Waals surface area contributed by atoms with Crippen LogP contribution in [0.15, 0.2) is 30.7 Å². The van der Waals surface area contributed by atoms with E-state index in [0.29, 0.717) is 6.54 Å². The molecule has 19 heavy (non-hydrogen) atoms. The Kier molecular flexibility index (Phi) is 3.62. The van der Waals surface area contributed by atoms with E-state index in [0.717, 1.165) is 16.8 Å². The van der Waals surface area contributed by atoms with Gasteiger partial charge in [-0.05, 0) is 26.0 Å². The van der Waals surface area contributed by atoms with E-state index in [1.807, 2.05) is 12.1 Å². The quantitative estimate of drug-likeness (QED) is 0.740. The molecule has 0 unspecified atom stereocenters. The predicted molar refractivity (Wildman–Crippen MR) is 71.9 cm³/mol. The lowest BCUT2D eigenvalue weighted by Gasteiger charge is -2.22. The van der Waals surface area contributed by atoms with Gasteiger partial charge in [0.15, 0.2) is 0 Å². The molecule has 0 aliphatic rings. The van der Waals surface area contributed by atoms with Gasteiger partial charge in [-0.2, -0.15) is 5.10 Å². The minimum Gasteiger partial charge on any atom is -0.368 e. The summed E-state index contributed by atoms with van der Waals surface area (Å²) in [6, 6.07) is 3.81. The van der Waals surface area contributed by atoms with Crippen LogP contribution in [0.1, 0.15) is 19.4 Å². The molecule has 0 fully saturated rings. The third-order valence-electron chi connectivity index (χ3n) is 3.00. The van der Waals surface area contributed by atoms with Crippen LogP contribution in [-0.2, 0) is 11.3 Å². The Bertz CT molecular complexity index is 561. The molecule has 0 saturated heterocycles. The lowest BCUT2D eigenvalue weighted by Crippen LogP contribution is -2.50. The first-order valence-electron chi connectivity index (χ1n) is 5.98. The number of nitrogens with one attached hydrogen (secondary N) is 2. The lowest BCUT2D eigenvalue weighted by atomic mass is 10.0. The molecule has 6 nitrogen and oxygen atoms in total. The Morgan fingerprint density at radius 2 is 2.26 bits per heavy atom. The molecular formula is C13H17N5O. The zero-order chi connectivity index (χ0) is 13.9. The maximum atomic E-state index is 11.3. The second kappa shape index (κ2) is 5.19. The molecule has 2 aromatic rings. The number of nitrogens with two attached hydrogens (primary N) is 1. The lowest BCUT2D eigenvalue weighted by molar-refractivity contribution is -0.123. The summed E-state index contributed by atoms with van der Waals surface area (Å²) in [5, 5.41) is 10.1. The molecule has 0 saturated carbocycles. The normalized spacial score (nSPS) is 11.5. The number of hydrogen-bond donors (Lipinski definition) is 3. The molecular weight excluding hydrogens is 242 g/mol. The monoisotopic (exact) mass is 259 g/mol. The summed E-state index contributed by atoms with van der Waals surface area (Å²) < 4.78 is 0. The van der Waals surface area contributed by atoms with Gasteiger partial charge in [-0.1, -0.05) is 0 Å². The number of hydrogen-bond acceptors (Lipinski definition) is 4. The summed E-state index contributed by atoms with van der Waals surface area (Å²) in [6.45, 7) is 4.00. The van der Waals surface area contributed by atoms with E-state index in [-0.39, 0.29) is 5.91 Å². The number of aromatic nitrogens is 3. The van der Waals surface area contributed by atoms with Gasteiger partial charge in [0.1, 0.15) is 0 Å². The van der Waals surface area contributed by atoms with Crippen LogP contribution in [0, 0.1) is 0 Å². The van der Waals surface area contributed by atoms with E-state index >= 15 is 0 Å². The van der Waals surface area contributed by atoms with Gasteiger partial charge in [0, 0.05) is 30.1 Å². The van der Waals surface area contributed by atoms with Gasteiger partial charge < -0.3 is 5.73 Å². The third-order valence-corrected chi connectivity index (χ3v) is 3.00. The number of primary amides is 1. The van der Waals surface area contributed by atoms with E-state index in [9.17, 15) is 4.79 Å². The molecule has 2 aromatic heterocycles. The van der Waals surface area contributed by atoms with Gasteiger partial charge in [0.05, 0.1) is 17.4 Å². The van der Waals surface area contributed by atoms with Gasteiger partial charge in [0.25, 0.3) is 0 Å². The van der Waals surface area contributed by atoms with Gasteiger partial charge in [-0.3, -0.25) is 20.2 Å². The third kappa shape index (κ3) is 2.97. The molecule has 0 aromatic carbocycles. The first kappa shape index (κ1) is 13.2. The van der Waals surface area contributed by atoms with Crippen molar-refractivity contribution < 1.29 is 4.79 Å². The Morgan fingerprint density at radius 3 is 2.89 bits per heavy atom. The van der Waals surface area contributed by atoms with Crippen molar-refractivity contribution in [3.63, 3.8) is 0 Å². The molecule has 2 heterocycles. The number of carbonyl (C=O) groups is 1. The number of rotatable bonds is 5. The second-order valence-corrected chi connectivity index (χ2v) is 4.85. The van der Waals surface area contributed by atoms with Crippen molar-refractivity contribution in [2.75, 3.05) is 0 Å². The minimum absolute atomic E-state index is 0.390. The van der Waals surface area contributed by atoms with E-state index in [2.05, 4.69) is 20.5 Å². The predicted octanol–water partition coefficient (Wildman–Crippen LogP) is 0.825. The van der Waals surface area contributed by atoms with Gasteiger partial charge in [0.2, 0.25) is 5.91 Å². The molecule has 1 amide bonds. The summed E-state index contributed by atoms with van der Waals surface area (Å²) in [4.78, 5) is 15.3. The van der Waals surface area contributed by atoms with Crippen LogP contribution < -0.4 is 11.1 Å². The highest BCUT2D eigenvalue weighted by Gasteiger charge is 2.24. The molecule has 0 bridgehead atoms. The highest BCUT2D eigenvalue weighted by molar-refractivity contribution is 5.83. The molecule has 0 aliphatic heterocycles. The zero-order valence-electron chi connectivity index (χ0n) is 11.0. The van der Waals surface area contributed by atoms with Crippen LogP contribution in [0.25, 0.3) is 11.3 Å². The van der Waals surface area contributed by atoms with E-state index in [1.54, 1.807) is 32.4 Å². The van der Waals surface area contributed by atoms with Crippen molar-refractivity contribution >= 4 is 5.91 Å². The van der Waals surface area contributed by atoms with Crippen LogP contribution in [0.2, 0.25) is 0 Å². The van der Waals surface area contributed by atoms with Crippen molar-refractivity contribution in [3.05, 3.63) is 36.3 Å². The van der Waals surface area contributed by atoms with E-state index in [1.165, 1.54) is 0 Å². The number of amides is 1. The van der Waals surface area contributed by atoms with Crippen LogP contribution in [0.3, 0.4) is 0 Å². The number of pyridine rings is 1. The van der Waals surface area contributed by atoms with Crippen molar-refractivity contribution in [1.29, 1.82) is 0 Å². The van der Waals surface area contributed by atoms with Crippen molar-refractivity contribution in [2.45, 2.75) is 25.9 Å². The Balaban J connectivity index is 2.16. The zero-order valence-corrected chi connectivity index (χ0v) is 11.0. The Morgan fingerprint density at radius 1 is 1.47 bits per heavy atom. The molecule has 0 atom stereocenters. The first-order valence-corrected chi connectivity index (χ1v) is 5.98. The Hall–Kier alpha value is -2.21. The van der Waals surface area contributed by atoms with Crippen molar-refractivity contribution in [1.82, 2.24) is 20.5 Å². The van der Waals surface area contributed by atoms with E-state index in [4.69, 9.17) is 5.73 Å². The highest BCUT2D eigenvalue weighted by Crippen LogP contribution is 2.20. The standard InChI is InChI=1S/C13H17N5O/c1-13(2,12(14)19)16-7-10-8-17-18-11(10)9-4-3-5-15-6-9/h3-6,8,16H,7H2,1-2H3,(H2,14,19)(H,17,18). The molecule has 0 spiro atoms. The maximum Gasteiger partial charge on any atom is 0.237 e. The number of aromatic amines is 1. The van der Waals surface area contributed by atoms with Gasteiger partial charge in [-0.15, -0.1) is 0 Å². The van der Waals surface area contributed by atoms with Crippen LogP contribution in [0.5, 0.6) is 0 Å². The van der Waals surface area contributed by atoms with Gasteiger partial charge in [-0.25, -0.2) is 0 Å². The summed E-state index contributed by atoms with van der Waals surface area (Å²) in [5.74, 6) is -0.390. The average molecular weight is 259 g/mol. The average Bonchev–Trinajstić information content (AvgIpc) is 2.85. The smallest absolute Gasteiger partial charge is 0.237 e. The summed E-state index contributed by atoms with van der Waals surface area (Å²) in [5.41, 5.74) is 7.37.